The monoisotopic (exact) mass is 270 g/mol. The second-order valence-electron chi connectivity index (χ2n) is 5.09. The van der Waals surface area contributed by atoms with Crippen LogP contribution in [-0.4, -0.2) is 61.5 Å². The molecule has 0 aromatic rings. The topological polar surface area (TPSA) is 49.9 Å². The lowest BCUT2D eigenvalue weighted by atomic mass is 10.2. The van der Waals surface area contributed by atoms with Crippen molar-refractivity contribution in [1.29, 1.82) is 0 Å². The molecule has 0 atom stereocenters. The first-order valence-corrected chi connectivity index (χ1v) is 7.25. The van der Waals surface area contributed by atoms with E-state index >= 15 is 0 Å². The lowest BCUT2D eigenvalue weighted by molar-refractivity contribution is -0.144. The highest BCUT2D eigenvalue weighted by Crippen LogP contribution is 2.10. The van der Waals surface area contributed by atoms with E-state index in [1.54, 1.807) is 6.92 Å². The van der Waals surface area contributed by atoms with Crippen LogP contribution in [0.15, 0.2) is 0 Å². The second-order valence-corrected chi connectivity index (χ2v) is 5.09. The van der Waals surface area contributed by atoms with Gasteiger partial charge in [-0.3, -0.25) is 14.5 Å². The Labute approximate surface area is 115 Å². The molecular weight excluding hydrogens is 244 g/mol. The summed E-state index contributed by atoms with van der Waals surface area (Å²) in [5.41, 5.74) is 0. The molecule has 1 aliphatic heterocycles. The summed E-state index contributed by atoms with van der Waals surface area (Å²) in [7, 11) is 1.87. The van der Waals surface area contributed by atoms with Crippen molar-refractivity contribution < 1.29 is 14.3 Å². The van der Waals surface area contributed by atoms with E-state index in [0.717, 1.165) is 25.9 Å². The Morgan fingerprint density at radius 2 is 1.79 bits per heavy atom. The Kier molecular flexibility index (Phi) is 7.48. The first-order valence-electron chi connectivity index (χ1n) is 7.25. The molecule has 0 aromatic heterocycles. The van der Waals surface area contributed by atoms with Crippen LogP contribution in [0.2, 0.25) is 0 Å². The number of hydrogen-bond acceptors (Lipinski definition) is 4. The average Bonchev–Trinajstić information content (AvgIpc) is 2.65. The second kappa shape index (κ2) is 8.91. The first kappa shape index (κ1) is 16.0. The fourth-order valence-electron chi connectivity index (χ4n) is 2.25. The van der Waals surface area contributed by atoms with E-state index in [1.165, 1.54) is 12.8 Å². The van der Waals surface area contributed by atoms with E-state index in [4.69, 9.17) is 4.74 Å². The minimum absolute atomic E-state index is 0.174. The Hall–Kier alpha value is -1.10. The van der Waals surface area contributed by atoms with Crippen LogP contribution in [0, 0.1) is 0 Å². The molecule has 1 fully saturated rings. The third kappa shape index (κ3) is 6.57. The van der Waals surface area contributed by atoms with Crippen molar-refractivity contribution >= 4 is 11.9 Å². The van der Waals surface area contributed by atoms with Gasteiger partial charge in [0, 0.05) is 19.6 Å². The highest BCUT2D eigenvalue weighted by atomic mass is 16.5. The molecule has 0 N–H and O–H groups in total. The van der Waals surface area contributed by atoms with Gasteiger partial charge in [0.2, 0.25) is 5.91 Å². The standard InChI is InChI=1S/C14H26N2O3/c1-3-19-14(18)8-11-15(2)12-13(17)16-9-6-4-5-7-10-16/h3-12H2,1-2H3. The summed E-state index contributed by atoms with van der Waals surface area (Å²) < 4.78 is 4.87. The highest BCUT2D eigenvalue weighted by molar-refractivity contribution is 5.78. The van der Waals surface area contributed by atoms with Gasteiger partial charge in [-0.25, -0.2) is 0 Å². The van der Waals surface area contributed by atoms with Crippen molar-refractivity contribution in [2.75, 3.05) is 39.8 Å². The van der Waals surface area contributed by atoms with E-state index < -0.39 is 0 Å². The average molecular weight is 270 g/mol. The molecule has 5 nitrogen and oxygen atoms in total. The minimum Gasteiger partial charge on any atom is -0.466 e. The zero-order chi connectivity index (χ0) is 14.1. The van der Waals surface area contributed by atoms with Crippen molar-refractivity contribution in [1.82, 2.24) is 9.80 Å². The first-order chi connectivity index (χ1) is 9.13. The molecule has 1 amide bonds. The molecular formula is C14H26N2O3. The molecule has 0 radical (unpaired) electrons. The van der Waals surface area contributed by atoms with Crippen molar-refractivity contribution in [2.45, 2.75) is 39.0 Å². The molecule has 0 aromatic carbocycles. The molecule has 5 heteroatoms. The van der Waals surface area contributed by atoms with Crippen LogP contribution < -0.4 is 0 Å². The number of ether oxygens (including phenoxy) is 1. The van der Waals surface area contributed by atoms with Gasteiger partial charge in [0.1, 0.15) is 0 Å². The van der Waals surface area contributed by atoms with Crippen molar-refractivity contribution in [3.63, 3.8) is 0 Å². The molecule has 1 rings (SSSR count). The van der Waals surface area contributed by atoms with Crippen LogP contribution in [-0.2, 0) is 14.3 Å². The van der Waals surface area contributed by atoms with Crippen LogP contribution in [0.25, 0.3) is 0 Å². The summed E-state index contributed by atoms with van der Waals surface area (Å²) in [6.07, 6.45) is 5.01. The maximum atomic E-state index is 12.1. The number of hydrogen-bond donors (Lipinski definition) is 0. The quantitative estimate of drug-likeness (QED) is 0.682. The molecule has 0 aliphatic carbocycles. The third-order valence-electron chi connectivity index (χ3n) is 3.37. The Morgan fingerprint density at radius 3 is 2.37 bits per heavy atom. The van der Waals surface area contributed by atoms with Gasteiger partial charge in [-0.1, -0.05) is 12.8 Å². The smallest absolute Gasteiger partial charge is 0.307 e. The summed E-state index contributed by atoms with van der Waals surface area (Å²) in [5.74, 6) is -0.0233. The van der Waals surface area contributed by atoms with Gasteiger partial charge in [-0.05, 0) is 26.8 Å². The van der Waals surface area contributed by atoms with Crippen LogP contribution in [0.4, 0.5) is 0 Å². The summed E-state index contributed by atoms with van der Waals surface area (Å²) >= 11 is 0. The molecule has 0 unspecified atom stereocenters. The fraction of sp³-hybridized carbons (Fsp3) is 0.857. The number of esters is 1. The predicted octanol–water partition coefficient (Wildman–Crippen LogP) is 1.27. The largest absolute Gasteiger partial charge is 0.466 e. The van der Waals surface area contributed by atoms with E-state index in [9.17, 15) is 9.59 Å². The summed E-state index contributed by atoms with van der Waals surface area (Å²) in [4.78, 5) is 27.2. The number of carbonyl (C=O) groups excluding carboxylic acids is 2. The molecule has 19 heavy (non-hydrogen) atoms. The van der Waals surface area contributed by atoms with Gasteiger partial charge in [0.05, 0.1) is 19.6 Å². The van der Waals surface area contributed by atoms with Gasteiger partial charge in [-0.2, -0.15) is 0 Å². The van der Waals surface area contributed by atoms with Gasteiger partial charge in [0.25, 0.3) is 0 Å². The predicted molar refractivity (Wildman–Crippen MR) is 73.8 cm³/mol. The molecule has 0 spiro atoms. The van der Waals surface area contributed by atoms with Crippen LogP contribution in [0.3, 0.4) is 0 Å². The summed E-state index contributed by atoms with van der Waals surface area (Å²) in [6, 6.07) is 0. The summed E-state index contributed by atoms with van der Waals surface area (Å²) in [6.45, 7) is 4.92. The van der Waals surface area contributed by atoms with E-state index in [2.05, 4.69) is 0 Å². The lowest BCUT2D eigenvalue weighted by Gasteiger charge is -2.23. The molecule has 1 saturated heterocycles. The Morgan fingerprint density at radius 1 is 1.16 bits per heavy atom. The van der Waals surface area contributed by atoms with Crippen molar-refractivity contribution in [2.24, 2.45) is 0 Å². The number of rotatable bonds is 6. The molecule has 1 aliphatic rings. The van der Waals surface area contributed by atoms with Crippen molar-refractivity contribution in [3.05, 3.63) is 0 Å². The maximum absolute atomic E-state index is 12.1. The van der Waals surface area contributed by atoms with Crippen LogP contribution in [0.5, 0.6) is 0 Å². The van der Waals surface area contributed by atoms with Crippen LogP contribution in [0.1, 0.15) is 39.0 Å². The summed E-state index contributed by atoms with van der Waals surface area (Å²) in [5, 5.41) is 0. The number of amides is 1. The van der Waals surface area contributed by atoms with Crippen LogP contribution >= 0.6 is 0 Å². The van der Waals surface area contributed by atoms with Crippen molar-refractivity contribution in [3.8, 4) is 0 Å². The van der Waals surface area contributed by atoms with Gasteiger partial charge in [-0.15, -0.1) is 0 Å². The minimum atomic E-state index is -0.198. The van der Waals surface area contributed by atoms with E-state index in [0.29, 0.717) is 26.1 Å². The SMILES string of the molecule is CCOC(=O)CCN(C)CC(=O)N1CCCCCC1. The number of likely N-dealkylation sites (tertiary alicyclic amines) is 1. The van der Waals surface area contributed by atoms with Gasteiger partial charge < -0.3 is 9.64 Å². The Balaban J connectivity index is 2.24. The maximum Gasteiger partial charge on any atom is 0.307 e. The highest BCUT2D eigenvalue weighted by Gasteiger charge is 2.17. The molecule has 110 valence electrons. The zero-order valence-corrected chi connectivity index (χ0v) is 12.2. The molecule has 0 saturated carbocycles. The molecule has 0 bridgehead atoms. The lowest BCUT2D eigenvalue weighted by Crippen LogP contribution is -2.40. The Bertz CT molecular complexity index is 286. The number of nitrogens with zero attached hydrogens (tertiary/aromatic N) is 2. The zero-order valence-electron chi connectivity index (χ0n) is 12.2. The number of likely N-dealkylation sites (N-methyl/N-ethyl adjacent to an activating group) is 1. The normalized spacial score (nSPS) is 16.3. The number of carbonyl (C=O) groups is 2. The van der Waals surface area contributed by atoms with Gasteiger partial charge in [0.15, 0.2) is 0 Å². The van der Waals surface area contributed by atoms with Gasteiger partial charge >= 0.3 is 5.97 Å². The molecule has 1 heterocycles. The van der Waals surface area contributed by atoms with E-state index in [-0.39, 0.29) is 11.9 Å². The fourth-order valence-corrected chi connectivity index (χ4v) is 2.25. The van der Waals surface area contributed by atoms with E-state index in [1.807, 2.05) is 16.8 Å². The third-order valence-corrected chi connectivity index (χ3v) is 3.37.